The highest BCUT2D eigenvalue weighted by atomic mass is 16.2. The molecule has 0 aromatic heterocycles. The van der Waals surface area contributed by atoms with Crippen molar-refractivity contribution in [3.8, 4) is 0 Å². The summed E-state index contributed by atoms with van der Waals surface area (Å²) < 4.78 is 0. The van der Waals surface area contributed by atoms with Crippen LogP contribution in [0.15, 0.2) is 18.2 Å². The molecule has 0 spiro atoms. The summed E-state index contributed by atoms with van der Waals surface area (Å²) in [6.45, 7) is 5.60. The van der Waals surface area contributed by atoms with Gasteiger partial charge in [-0.15, -0.1) is 0 Å². The van der Waals surface area contributed by atoms with Gasteiger partial charge in [0.2, 0.25) is 11.8 Å². The van der Waals surface area contributed by atoms with Crippen molar-refractivity contribution >= 4 is 23.6 Å². The van der Waals surface area contributed by atoms with Crippen LogP contribution in [0.5, 0.6) is 0 Å². The van der Waals surface area contributed by atoms with Gasteiger partial charge in [0.1, 0.15) is 6.04 Å². The van der Waals surface area contributed by atoms with Crippen molar-refractivity contribution in [1.82, 2.24) is 20.9 Å². The van der Waals surface area contributed by atoms with Gasteiger partial charge in [0.15, 0.2) is 0 Å². The molecule has 0 bridgehead atoms. The van der Waals surface area contributed by atoms with Crippen LogP contribution in [0.2, 0.25) is 0 Å². The number of hydrogen-bond donors (Lipinski definition) is 3. The van der Waals surface area contributed by atoms with E-state index in [0.29, 0.717) is 23.7 Å². The third-order valence-electron chi connectivity index (χ3n) is 5.97. The first-order valence-electron chi connectivity index (χ1n) is 10.1. The van der Waals surface area contributed by atoms with Crippen molar-refractivity contribution in [2.45, 2.75) is 63.7 Å². The molecule has 0 saturated carbocycles. The maximum Gasteiger partial charge on any atom is 0.262 e. The van der Waals surface area contributed by atoms with Crippen LogP contribution in [0.4, 0.5) is 0 Å². The lowest BCUT2D eigenvalue weighted by atomic mass is 10.0. The summed E-state index contributed by atoms with van der Waals surface area (Å²) in [5, 5.41) is 9.18. The van der Waals surface area contributed by atoms with Crippen LogP contribution < -0.4 is 16.0 Å². The Labute approximate surface area is 169 Å². The lowest BCUT2D eigenvalue weighted by Crippen LogP contribution is -2.54. The second-order valence-electron chi connectivity index (χ2n) is 8.68. The van der Waals surface area contributed by atoms with Gasteiger partial charge in [-0.2, -0.15) is 0 Å². The molecule has 1 aromatic carbocycles. The van der Waals surface area contributed by atoms with Crippen molar-refractivity contribution in [3.05, 3.63) is 34.9 Å². The van der Waals surface area contributed by atoms with Crippen LogP contribution in [0, 0.1) is 0 Å². The van der Waals surface area contributed by atoms with Crippen molar-refractivity contribution in [1.29, 1.82) is 0 Å². The van der Waals surface area contributed by atoms with E-state index in [1.807, 2.05) is 6.07 Å². The van der Waals surface area contributed by atoms with Gasteiger partial charge in [-0.05, 0) is 44.7 Å². The summed E-state index contributed by atoms with van der Waals surface area (Å²) in [5.74, 6) is -1.90. The number of carbonyl (C=O) groups is 4. The van der Waals surface area contributed by atoms with Gasteiger partial charge in [-0.1, -0.05) is 12.1 Å². The molecular formula is C21H26N4O4. The Hall–Kier alpha value is -2.58. The zero-order valence-electron chi connectivity index (χ0n) is 16.7. The van der Waals surface area contributed by atoms with E-state index in [-0.39, 0.29) is 24.3 Å². The highest BCUT2D eigenvalue weighted by Crippen LogP contribution is 2.30. The molecule has 2 fully saturated rings. The maximum atomic E-state index is 13.1. The lowest BCUT2D eigenvalue weighted by Gasteiger charge is -2.27. The number of nitrogens with zero attached hydrogens (tertiary/aromatic N) is 1. The van der Waals surface area contributed by atoms with Crippen LogP contribution in [0.25, 0.3) is 0 Å². The second kappa shape index (κ2) is 7.35. The van der Waals surface area contributed by atoms with Crippen molar-refractivity contribution in [2.75, 3.05) is 6.54 Å². The number of carbonyl (C=O) groups excluding carboxylic acids is 4. The SMILES string of the molecule is CC1(C)CCC(CNCc2cccc3c2C(=O)N(C2CCC(=O)NC2=O)C3=O)N1. The average Bonchev–Trinajstić information content (AvgIpc) is 3.13. The van der Waals surface area contributed by atoms with Crippen molar-refractivity contribution in [2.24, 2.45) is 0 Å². The van der Waals surface area contributed by atoms with E-state index < -0.39 is 23.8 Å². The van der Waals surface area contributed by atoms with Crippen molar-refractivity contribution in [3.63, 3.8) is 0 Å². The number of hydrogen-bond acceptors (Lipinski definition) is 6. The minimum Gasteiger partial charge on any atom is -0.311 e. The van der Waals surface area contributed by atoms with Crippen LogP contribution >= 0.6 is 0 Å². The number of nitrogens with one attached hydrogen (secondary N) is 3. The molecule has 154 valence electrons. The fourth-order valence-corrected chi connectivity index (χ4v) is 4.50. The summed E-state index contributed by atoms with van der Waals surface area (Å²) in [6.07, 6.45) is 2.48. The molecule has 3 aliphatic heterocycles. The first kappa shape index (κ1) is 19.7. The Balaban J connectivity index is 1.48. The number of amides is 4. The Morgan fingerprint density at radius 3 is 2.62 bits per heavy atom. The van der Waals surface area contributed by atoms with Gasteiger partial charge in [0.05, 0.1) is 11.1 Å². The van der Waals surface area contributed by atoms with E-state index in [1.54, 1.807) is 12.1 Å². The Morgan fingerprint density at radius 1 is 1.14 bits per heavy atom. The molecule has 8 nitrogen and oxygen atoms in total. The number of rotatable bonds is 5. The number of piperidine rings is 1. The normalized spacial score (nSPS) is 26.1. The van der Waals surface area contributed by atoms with Gasteiger partial charge in [0.25, 0.3) is 11.8 Å². The van der Waals surface area contributed by atoms with E-state index >= 15 is 0 Å². The van der Waals surface area contributed by atoms with Gasteiger partial charge in [-0.3, -0.25) is 29.4 Å². The van der Waals surface area contributed by atoms with Gasteiger partial charge >= 0.3 is 0 Å². The number of fused-ring (bicyclic) bond motifs is 1. The molecule has 0 radical (unpaired) electrons. The maximum absolute atomic E-state index is 13.1. The molecule has 0 aliphatic carbocycles. The topological polar surface area (TPSA) is 108 Å². The zero-order valence-corrected chi connectivity index (χ0v) is 16.7. The second-order valence-corrected chi connectivity index (χ2v) is 8.68. The van der Waals surface area contributed by atoms with E-state index in [4.69, 9.17) is 0 Å². The molecule has 4 rings (SSSR count). The van der Waals surface area contributed by atoms with Crippen LogP contribution in [-0.2, 0) is 16.1 Å². The zero-order chi connectivity index (χ0) is 20.8. The third-order valence-corrected chi connectivity index (χ3v) is 5.97. The summed E-state index contributed by atoms with van der Waals surface area (Å²) in [4.78, 5) is 50.5. The van der Waals surface area contributed by atoms with E-state index in [1.165, 1.54) is 0 Å². The fraction of sp³-hybridized carbons (Fsp3) is 0.524. The van der Waals surface area contributed by atoms with Gasteiger partial charge in [-0.25, -0.2) is 0 Å². The summed E-state index contributed by atoms with van der Waals surface area (Å²) >= 11 is 0. The van der Waals surface area contributed by atoms with Gasteiger partial charge < -0.3 is 10.6 Å². The number of benzene rings is 1. The molecule has 4 amide bonds. The van der Waals surface area contributed by atoms with Crippen LogP contribution in [0.3, 0.4) is 0 Å². The molecule has 2 unspecified atom stereocenters. The largest absolute Gasteiger partial charge is 0.311 e. The minimum absolute atomic E-state index is 0.114. The smallest absolute Gasteiger partial charge is 0.262 e. The predicted octanol–water partition coefficient (Wildman–Crippen LogP) is 0.708. The van der Waals surface area contributed by atoms with Crippen molar-refractivity contribution < 1.29 is 19.2 Å². The van der Waals surface area contributed by atoms with Crippen LogP contribution in [0.1, 0.15) is 65.8 Å². The molecule has 3 aliphatic rings. The molecule has 3 N–H and O–H groups in total. The highest BCUT2D eigenvalue weighted by Gasteiger charge is 2.45. The van der Waals surface area contributed by atoms with Gasteiger partial charge in [0, 0.05) is 31.1 Å². The number of imide groups is 2. The first-order valence-corrected chi connectivity index (χ1v) is 10.1. The summed E-state index contributed by atoms with van der Waals surface area (Å²) in [7, 11) is 0. The Kier molecular flexibility index (Phi) is 5.00. The molecule has 29 heavy (non-hydrogen) atoms. The van der Waals surface area contributed by atoms with E-state index in [0.717, 1.165) is 29.8 Å². The first-order chi connectivity index (χ1) is 13.8. The monoisotopic (exact) mass is 398 g/mol. The molecular weight excluding hydrogens is 372 g/mol. The molecule has 2 saturated heterocycles. The lowest BCUT2D eigenvalue weighted by molar-refractivity contribution is -0.136. The summed E-state index contributed by atoms with van der Waals surface area (Å²) in [6, 6.07) is 4.64. The summed E-state index contributed by atoms with van der Waals surface area (Å²) in [5.41, 5.74) is 1.56. The van der Waals surface area contributed by atoms with E-state index in [9.17, 15) is 19.2 Å². The fourth-order valence-electron chi connectivity index (χ4n) is 4.50. The molecule has 3 heterocycles. The Morgan fingerprint density at radius 2 is 1.93 bits per heavy atom. The average molecular weight is 398 g/mol. The van der Waals surface area contributed by atoms with E-state index in [2.05, 4.69) is 29.8 Å². The predicted molar refractivity (Wildman–Crippen MR) is 105 cm³/mol. The van der Waals surface area contributed by atoms with Crippen LogP contribution in [-0.4, -0.2) is 52.7 Å². The highest BCUT2D eigenvalue weighted by molar-refractivity contribution is 6.24. The minimum atomic E-state index is -0.939. The quantitative estimate of drug-likeness (QED) is 0.631. The molecule has 8 heteroatoms. The third kappa shape index (κ3) is 3.70. The standard InChI is InChI=1S/C21H26N4O4/c1-21(2)9-8-13(24-21)11-22-10-12-4-3-5-14-17(12)20(29)25(19(14)28)15-6-7-16(26)23-18(15)27/h3-5,13,15,22,24H,6-11H2,1-2H3,(H,23,26,27). The molecule has 1 aromatic rings. The Bertz CT molecular complexity index is 895. The molecule has 2 atom stereocenters.